The maximum Gasteiger partial charge on any atom is 0.269 e. The van der Waals surface area contributed by atoms with E-state index in [-0.39, 0.29) is 18.2 Å². The molecule has 3 amide bonds. The van der Waals surface area contributed by atoms with Crippen LogP contribution >= 0.6 is 23.4 Å². The highest BCUT2D eigenvalue weighted by Crippen LogP contribution is 2.55. The lowest BCUT2D eigenvalue weighted by atomic mass is 10.0. The molecule has 1 saturated heterocycles. The summed E-state index contributed by atoms with van der Waals surface area (Å²) in [5.41, 5.74) is 1.92. The van der Waals surface area contributed by atoms with Crippen LogP contribution in [-0.4, -0.2) is 30.0 Å². The van der Waals surface area contributed by atoms with Gasteiger partial charge in [0.1, 0.15) is 12.4 Å². The molecule has 166 valence electrons. The molecule has 9 heteroatoms. The van der Waals surface area contributed by atoms with E-state index < -0.39 is 22.5 Å². The van der Waals surface area contributed by atoms with E-state index in [0.717, 1.165) is 0 Å². The Bertz CT molecular complexity index is 1300. The number of thioether (sulfide) groups is 1. The Kier molecular flexibility index (Phi) is 5.34. The summed E-state index contributed by atoms with van der Waals surface area (Å²) in [7, 11) is 0. The van der Waals surface area contributed by atoms with E-state index in [1.165, 1.54) is 39.8 Å². The molecular formula is C24H17ClFN3O3S. The van der Waals surface area contributed by atoms with Gasteiger partial charge in [0.05, 0.1) is 11.4 Å². The van der Waals surface area contributed by atoms with E-state index in [2.05, 4.69) is 5.32 Å². The van der Waals surface area contributed by atoms with Crippen LogP contribution in [-0.2, 0) is 19.3 Å². The van der Waals surface area contributed by atoms with Crippen molar-refractivity contribution in [2.24, 2.45) is 0 Å². The first-order valence-corrected chi connectivity index (χ1v) is 11.5. The van der Waals surface area contributed by atoms with Gasteiger partial charge >= 0.3 is 0 Å². The molecule has 1 N–H and O–H groups in total. The van der Waals surface area contributed by atoms with Crippen LogP contribution in [0.4, 0.5) is 21.5 Å². The molecule has 2 aliphatic rings. The second-order valence-corrected chi connectivity index (χ2v) is 9.21. The van der Waals surface area contributed by atoms with Crippen LogP contribution in [0.3, 0.4) is 0 Å². The molecule has 6 nitrogen and oxygen atoms in total. The largest absolute Gasteiger partial charge is 0.324 e. The van der Waals surface area contributed by atoms with Crippen molar-refractivity contribution in [3.8, 4) is 0 Å². The van der Waals surface area contributed by atoms with E-state index in [4.69, 9.17) is 11.6 Å². The van der Waals surface area contributed by atoms with Crippen molar-refractivity contribution >= 4 is 58.1 Å². The van der Waals surface area contributed by atoms with E-state index in [0.29, 0.717) is 27.6 Å². The third-order valence-corrected chi connectivity index (χ3v) is 7.16. The SMILES string of the molecule is O=C(CN1C(=O)[C@]2(SCC(=O)N2c2cccc(F)c2)c2ccccc21)Nc1cccc(Cl)c1. The van der Waals surface area contributed by atoms with E-state index >= 15 is 0 Å². The highest BCUT2D eigenvalue weighted by molar-refractivity contribution is 8.02. The molecule has 0 aliphatic carbocycles. The van der Waals surface area contributed by atoms with Crippen molar-refractivity contribution in [1.82, 2.24) is 0 Å². The minimum absolute atomic E-state index is 0.0547. The number of anilines is 3. The third kappa shape index (κ3) is 3.55. The van der Waals surface area contributed by atoms with E-state index in [1.54, 1.807) is 54.6 Å². The number of rotatable bonds is 4. The smallest absolute Gasteiger partial charge is 0.269 e. The summed E-state index contributed by atoms with van der Waals surface area (Å²) in [4.78, 5) is 40.9. The first kappa shape index (κ1) is 21.5. The van der Waals surface area contributed by atoms with Crippen LogP contribution < -0.4 is 15.1 Å². The summed E-state index contributed by atoms with van der Waals surface area (Å²) in [5, 5.41) is 3.22. The number of amides is 3. The molecule has 0 bridgehead atoms. The van der Waals surface area contributed by atoms with Crippen LogP contribution in [0.2, 0.25) is 5.02 Å². The maximum atomic E-state index is 14.0. The monoisotopic (exact) mass is 481 g/mol. The van der Waals surface area contributed by atoms with E-state index in [9.17, 15) is 18.8 Å². The first-order valence-electron chi connectivity index (χ1n) is 10.1. The van der Waals surface area contributed by atoms with Gasteiger partial charge in [-0.2, -0.15) is 0 Å². The van der Waals surface area contributed by atoms with Crippen LogP contribution in [0.1, 0.15) is 5.56 Å². The normalized spacial score (nSPS) is 19.3. The number of para-hydroxylation sites is 1. The molecule has 0 saturated carbocycles. The van der Waals surface area contributed by atoms with Crippen LogP contribution in [0.15, 0.2) is 72.8 Å². The van der Waals surface area contributed by atoms with Gasteiger partial charge in [-0.15, -0.1) is 11.8 Å². The molecule has 0 unspecified atom stereocenters. The van der Waals surface area contributed by atoms with Crippen LogP contribution in [0.5, 0.6) is 0 Å². The molecule has 0 aromatic heterocycles. The Labute approximate surface area is 198 Å². The number of halogens is 2. The van der Waals surface area contributed by atoms with Gasteiger partial charge in [0.25, 0.3) is 5.91 Å². The molecule has 1 spiro atoms. The summed E-state index contributed by atoms with van der Waals surface area (Å²) in [6.07, 6.45) is 0. The van der Waals surface area contributed by atoms with Crippen molar-refractivity contribution in [2.45, 2.75) is 4.87 Å². The third-order valence-electron chi connectivity index (χ3n) is 5.54. The summed E-state index contributed by atoms with van der Waals surface area (Å²) in [6.45, 7) is -0.254. The van der Waals surface area contributed by atoms with E-state index in [1.807, 2.05) is 0 Å². The second-order valence-electron chi connectivity index (χ2n) is 7.61. The topological polar surface area (TPSA) is 69.7 Å². The predicted octanol–water partition coefficient (Wildman–Crippen LogP) is 4.40. The Morgan fingerprint density at radius 1 is 1.06 bits per heavy atom. The van der Waals surface area contributed by atoms with Gasteiger partial charge in [0, 0.05) is 22.0 Å². The minimum Gasteiger partial charge on any atom is -0.324 e. The van der Waals surface area contributed by atoms with Crippen molar-refractivity contribution in [3.05, 3.63) is 89.2 Å². The second kappa shape index (κ2) is 8.20. The highest BCUT2D eigenvalue weighted by Gasteiger charge is 2.61. The average Bonchev–Trinajstić information content (AvgIpc) is 3.25. The predicted molar refractivity (Wildman–Crippen MR) is 127 cm³/mol. The fourth-order valence-electron chi connectivity index (χ4n) is 4.24. The average molecular weight is 482 g/mol. The molecule has 2 aliphatic heterocycles. The molecule has 1 fully saturated rings. The van der Waals surface area contributed by atoms with Gasteiger partial charge in [0.15, 0.2) is 0 Å². The van der Waals surface area contributed by atoms with Gasteiger partial charge in [-0.1, -0.05) is 41.9 Å². The summed E-state index contributed by atoms with van der Waals surface area (Å²) < 4.78 is 14.0. The molecule has 2 heterocycles. The van der Waals surface area contributed by atoms with Gasteiger partial charge in [-0.25, -0.2) is 4.39 Å². The number of hydrogen-bond acceptors (Lipinski definition) is 4. The number of carbonyl (C=O) groups excluding carboxylic acids is 3. The summed E-state index contributed by atoms with van der Waals surface area (Å²) >= 11 is 7.16. The zero-order valence-electron chi connectivity index (χ0n) is 17.1. The lowest BCUT2D eigenvalue weighted by molar-refractivity contribution is -0.124. The van der Waals surface area contributed by atoms with Crippen molar-refractivity contribution < 1.29 is 18.8 Å². The first-order chi connectivity index (χ1) is 15.9. The summed E-state index contributed by atoms with van der Waals surface area (Å²) in [5.74, 6) is -1.60. The highest BCUT2D eigenvalue weighted by atomic mass is 35.5. The number of hydrogen-bond donors (Lipinski definition) is 1. The fraction of sp³-hybridized carbons (Fsp3) is 0.125. The van der Waals surface area contributed by atoms with Gasteiger partial charge in [-0.05, 0) is 42.5 Å². The maximum absolute atomic E-state index is 14.0. The molecule has 0 radical (unpaired) electrons. The Morgan fingerprint density at radius 3 is 2.64 bits per heavy atom. The molecule has 3 aromatic rings. The van der Waals surface area contributed by atoms with Crippen LogP contribution in [0.25, 0.3) is 0 Å². The summed E-state index contributed by atoms with van der Waals surface area (Å²) in [6, 6.07) is 19.3. The number of fused-ring (bicyclic) bond motifs is 2. The van der Waals surface area contributed by atoms with Gasteiger partial charge in [0.2, 0.25) is 16.7 Å². The van der Waals surface area contributed by atoms with Gasteiger partial charge < -0.3 is 5.32 Å². The standard InChI is InChI=1S/C24H17ClFN3O3S/c25-15-5-3-7-17(11-15)27-21(30)13-28-20-10-2-1-9-19(20)24(23(28)32)29(22(31)14-33-24)18-8-4-6-16(26)12-18/h1-12H,13-14H2,(H,27,30)/t24-/m1/s1. The van der Waals surface area contributed by atoms with Crippen molar-refractivity contribution in [1.29, 1.82) is 0 Å². The fourth-order valence-corrected chi connectivity index (χ4v) is 5.79. The molecule has 33 heavy (non-hydrogen) atoms. The minimum atomic E-state index is -1.40. The van der Waals surface area contributed by atoms with Gasteiger partial charge in [-0.3, -0.25) is 24.2 Å². The lowest BCUT2D eigenvalue weighted by Crippen LogP contribution is -2.50. The molecular weight excluding hydrogens is 465 g/mol. The van der Waals surface area contributed by atoms with Crippen molar-refractivity contribution in [2.75, 3.05) is 27.4 Å². The number of carbonyl (C=O) groups is 3. The molecule has 1 atom stereocenters. The Balaban J connectivity index is 1.52. The zero-order valence-corrected chi connectivity index (χ0v) is 18.7. The molecule has 3 aromatic carbocycles. The lowest BCUT2D eigenvalue weighted by Gasteiger charge is -2.33. The zero-order chi connectivity index (χ0) is 23.2. The van der Waals surface area contributed by atoms with Crippen molar-refractivity contribution in [3.63, 3.8) is 0 Å². The quantitative estimate of drug-likeness (QED) is 0.599. The number of benzene rings is 3. The Morgan fingerprint density at radius 2 is 1.85 bits per heavy atom. The van der Waals surface area contributed by atoms with Crippen LogP contribution in [0, 0.1) is 5.82 Å². The number of nitrogens with zero attached hydrogens (tertiary/aromatic N) is 2. The molecule has 5 rings (SSSR count). The number of nitrogens with one attached hydrogen (secondary N) is 1. The Hall–Kier alpha value is -3.36.